The molecule has 0 N–H and O–H groups in total. The lowest BCUT2D eigenvalue weighted by atomic mass is 10.3. The minimum atomic E-state index is -0.293. The summed E-state index contributed by atoms with van der Waals surface area (Å²) in [4.78, 5) is 6.43. The van der Waals surface area contributed by atoms with E-state index in [1.54, 1.807) is 18.3 Å². The number of hydrogen-bond donors (Lipinski definition) is 0. The van der Waals surface area contributed by atoms with Gasteiger partial charge in [0.05, 0.1) is 16.4 Å². The maximum Gasteiger partial charge on any atom is 0.210 e. The maximum atomic E-state index is 13.1. The number of halogens is 2. The topological polar surface area (TPSA) is 28.7 Å². The summed E-state index contributed by atoms with van der Waals surface area (Å²) in [5.74, 6) is 1.21. The van der Waals surface area contributed by atoms with Gasteiger partial charge in [-0.1, -0.05) is 6.07 Å². The Morgan fingerprint density at radius 2 is 2.05 bits per heavy atom. The van der Waals surface area contributed by atoms with E-state index in [4.69, 9.17) is 4.42 Å². The molecule has 0 bridgehead atoms. The molecule has 0 radical (unpaired) electrons. The molecule has 3 rings (SSSR count). The van der Waals surface area contributed by atoms with Gasteiger partial charge in [-0.25, -0.2) is 4.39 Å². The zero-order valence-electron chi connectivity index (χ0n) is 10.9. The molecule has 20 heavy (non-hydrogen) atoms. The van der Waals surface area contributed by atoms with Crippen LogP contribution < -0.4 is 4.90 Å². The number of benzene rings is 1. The largest absolute Gasteiger partial charge is 0.438 e. The summed E-state index contributed by atoms with van der Waals surface area (Å²) >= 11 is 3.51. The van der Waals surface area contributed by atoms with Gasteiger partial charge in [-0.05, 0) is 47.0 Å². The van der Waals surface area contributed by atoms with Crippen LogP contribution in [0, 0.1) is 5.82 Å². The van der Waals surface area contributed by atoms with Crippen molar-refractivity contribution in [2.45, 2.75) is 12.8 Å². The summed E-state index contributed by atoms with van der Waals surface area (Å²) < 4.78 is 19.8. The van der Waals surface area contributed by atoms with Crippen LogP contribution in [0.3, 0.4) is 0 Å². The third-order valence-corrected chi connectivity index (χ3v) is 3.80. The number of aliphatic imine (C=N–C) groups is 1. The predicted molar refractivity (Wildman–Crippen MR) is 81.5 cm³/mol. The molecular weight excluding hydrogens is 323 g/mol. The number of anilines is 1. The Morgan fingerprint density at radius 3 is 2.80 bits per heavy atom. The summed E-state index contributed by atoms with van der Waals surface area (Å²) in [5.41, 5.74) is 0.570. The Balaban J connectivity index is 1.79. The van der Waals surface area contributed by atoms with Gasteiger partial charge in [-0.15, -0.1) is 0 Å². The molecule has 104 valence electrons. The first-order chi connectivity index (χ1) is 9.72. The predicted octanol–water partition coefficient (Wildman–Crippen LogP) is 4.53. The van der Waals surface area contributed by atoms with E-state index in [-0.39, 0.29) is 5.82 Å². The van der Waals surface area contributed by atoms with Crippen molar-refractivity contribution in [2.75, 3.05) is 18.0 Å². The van der Waals surface area contributed by atoms with Crippen molar-refractivity contribution in [2.24, 2.45) is 4.99 Å². The second-order valence-corrected chi connectivity index (χ2v) is 5.59. The summed E-state index contributed by atoms with van der Waals surface area (Å²) in [7, 11) is 0. The standard InChI is InChI=1S/C15H14BrFN2O/c16-14-9-13(20-15(14)19-6-1-2-7-19)10-18-12-5-3-4-11(17)8-12/h3-5,8-10H,1-2,6-7H2. The fraction of sp³-hybridized carbons (Fsp3) is 0.267. The first kappa shape index (κ1) is 13.4. The molecule has 0 unspecified atom stereocenters. The van der Waals surface area contributed by atoms with Crippen molar-refractivity contribution in [3.05, 3.63) is 46.4 Å². The lowest BCUT2D eigenvalue weighted by Crippen LogP contribution is -2.17. The van der Waals surface area contributed by atoms with Gasteiger partial charge in [0.1, 0.15) is 11.6 Å². The summed E-state index contributed by atoms with van der Waals surface area (Å²) in [6.45, 7) is 2.04. The normalized spacial score (nSPS) is 15.4. The van der Waals surface area contributed by atoms with Crippen molar-refractivity contribution in [1.82, 2.24) is 0 Å². The highest BCUT2D eigenvalue weighted by Gasteiger charge is 2.19. The molecule has 0 amide bonds. The van der Waals surface area contributed by atoms with E-state index in [0.29, 0.717) is 11.4 Å². The quantitative estimate of drug-likeness (QED) is 0.770. The van der Waals surface area contributed by atoms with Gasteiger partial charge >= 0.3 is 0 Å². The van der Waals surface area contributed by atoms with E-state index < -0.39 is 0 Å². The number of rotatable bonds is 3. The molecule has 0 spiro atoms. The Bertz CT molecular complexity index is 633. The molecule has 0 aliphatic carbocycles. The fourth-order valence-electron chi connectivity index (χ4n) is 2.27. The minimum Gasteiger partial charge on any atom is -0.438 e. The average Bonchev–Trinajstić information content (AvgIpc) is 3.05. The zero-order valence-corrected chi connectivity index (χ0v) is 12.4. The molecule has 1 aliphatic heterocycles. The summed E-state index contributed by atoms with van der Waals surface area (Å²) in [5, 5.41) is 0. The van der Waals surface area contributed by atoms with Gasteiger partial charge in [0.2, 0.25) is 5.88 Å². The molecule has 1 aromatic heterocycles. The van der Waals surface area contributed by atoms with Gasteiger partial charge in [0, 0.05) is 19.2 Å². The van der Waals surface area contributed by atoms with Gasteiger partial charge in [0.25, 0.3) is 0 Å². The number of hydrogen-bond acceptors (Lipinski definition) is 3. The third kappa shape index (κ3) is 2.93. The van der Waals surface area contributed by atoms with Crippen LogP contribution in [0.25, 0.3) is 0 Å². The van der Waals surface area contributed by atoms with Crippen LogP contribution in [0.15, 0.2) is 44.2 Å². The van der Waals surface area contributed by atoms with E-state index in [9.17, 15) is 4.39 Å². The van der Waals surface area contributed by atoms with Gasteiger partial charge in [0.15, 0.2) is 0 Å². The highest BCUT2D eigenvalue weighted by molar-refractivity contribution is 9.10. The molecular formula is C15H14BrFN2O. The van der Waals surface area contributed by atoms with Gasteiger partial charge in [-0.2, -0.15) is 0 Å². The SMILES string of the molecule is Fc1cccc(N=Cc2cc(Br)c(N3CCCC3)o2)c1. The zero-order chi connectivity index (χ0) is 13.9. The second-order valence-electron chi connectivity index (χ2n) is 4.73. The van der Waals surface area contributed by atoms with Crippen LogP contribution in [-0.4, -0.2) is 19.3 Å². The average molecular weight is 337 g/mol. The molecule has 1 saturated heterocycles. The highest BCUT2D eigenvalue weighted by Crippen LogP contribution is 2.32. The number of nitrogens with zero attached hydrogens (tertiary/aromatic N) is 2. The Kier molecular flexibility index (Phi) is 3.87. The molecule has 5 heteroatoms. The van der Waals surface area contributed by atoms with Crippen molar-refractivity contribution in [3.8, 4) is 0 Å². The van der Waals surface area contributed by atoms with Crippen molar-refractivity contribution >= 4 is 33.7 Å². The third-order valence-electron chi connectivity index (χ3n) is 3.23. The van der Waals surface area contributed by atoms with E-state index in [1.807, 2.05) is 6.07 Å². The molecule has 3 nitrogen and oxygen atoms in total. The van der Waals surface area contributed by atoms with E-state index >= 15 is 0 Å². The smallest absolute Gasteiger partial charge is 0.210 e. The van der Waals surface area contributed by atoms with Crippen LogP contribution in [0.5, 0.6) is 0 Å². The fourth-order valence-corrected chi connectivity index (χ4v) is 2.83. The Labute approximate surface area is 125 Å². The number of furan rings is 1. The molecule has 1 fully saturated rings. The first-order valence-electron chi connectivity index (χ1n) is 6.56. The van der Waals surface area contributed by atoms with Gasteiger partial charge < -0.3 is 9.32 Å². The van der Waals surface area contributed by atoms with Gasteiger partial charge in [-0.3, -0.25) is 4.99 Å². The summed E-state index contributed by atoms with van der Waals surface area (Å²) in [6, 6.07) is 8.05. The summed E-state index contributed by atoms with van der Waals surface area (Å²) in [6.07, 6.45) is 4.00. The van der Waals surface area contributed by atoms with E-state index in [0.717, 1.165) is 23.4 Å². The lowest BCUT2D eigenvalue weighted by molar-refractivity contribution is 0.549. The lowest BCUT2D eigenvalue weighted by Gasteiger charge is -2.13. The van der Waals surface area contributed by atoms with Crippen molar-refractivity contribution < 1.29 is 8.81 Å². The molecule has 1 aromatic carbocycles. The van der Waals surface area contributed by atoms with Crippen molar-refractivity contribution in [1.29, 1.82) is 0 Å². The van der Waals surface area contributed by atoms with Crippen molar-refractivity contribution in [3.63, 3.8) is 0 Å². The molecule has 2 aromatic rings. The maximum absolute atomic E-state index is 13.1. The molecule has 0 saturated carbocycles. The highest BCUT2D eigenvalue weighted by atomic mass is 79.9. The monoisotopic (exact) mass is 336 g/mol. The van der Waals surface area contributed by atoms with Crippen LogP contribution in [-0.2, 0) is 0 Å². The Hall–Kier alpha value is -1.62. The minimum absolute atomic E-state index is 0.293. The molecule has 0 atom stereocenters. The van der Waals surface area contributed by atoms with Crippen LogP contribution in [0.4, 0.5) is 16.0 Å². The van der Waals surface area contributed by atoms with E-state index in [1.165, 1.54) is 25.0 Å². The molecule has 1 aliphatic rings. The van der Waals surface area contributed by atoms with Crippen LogP contribution in [0.2, 0.25) is 0 Å². The van der Waals surface area contributed by atoms with Crippen LogP contribution in [0.1, 0.15) is 18.6 Å². The van der Waals surface area contributed by atoms with E-state index in [2.05, 4.69) is 25.8 Å². The Morgan fingerprint density at radius 1 is 1.25 bits per heavy atom. The second kappa shape index (κ2) is 5.79. The van der Waals surface area contributed by atoms with Crippen LogP contribution >= 0.6 is 15.9 Å². The first-order valence-corrected chi connectivity index (χ1v) is 7.35. The molecule has 2 heterocycles.